The SMILES string of the molecule is COc1ccc(C=Cc2nc3ccccc3c(=O)n2-c2ccc(Cl)cc2)cc1. The third-order valence-corrected chi connectivity index (χ3v) is 4.68. The van der Waals surface area contributed by atoms with Crippen molar-refractivity contribution in [2.75, 3.05) is 7.11 Å². The van der Waals surface area contributed by atoms with Gasteiger partial charge in [0.2, 0.25) is 0 Å². The Morgan fingerprint density at radius 3 is 2.36 bits per heavy atom. The molecule has 0 saturated heterocycles. The van der Waals surface area contributed by atoms with Gasteiger partial charge in [-0.2, -0.15) is 0 Å². The number of benzene rings is 3. The van der Waals surface area contributed by atoms with Gasteiger partial charge in [0.15, 0.2) is 0 Å². The van der Waals surface area contributed by atoms with Gasteiger partial charge < -0.3 is 4.74 Å². The van der Waals surface area contributed by atoms with E-state index in [0.29, 0.717) is 27.4 Å². The summed E-state index contributed by atoms with van der Waals surface area (Å²) in [5.74, 6) is 1.33. The van der Waals surface area contributed by atoms with Gasteiger partial charge in [-0.15, -0.1) is 0 Å². The van der Waals surface area contributed by atoms with E-state index < -0.39 is 0 Å². The molecule has 0 atom stereocenters. The lowest BCUT2D eigenvalue weighted by Crippen LogP contribution is -2.22. The summed E-state index contributed by atoms with van der Waals surface area (Å²) in [6.45, 7) is 0. The molecule has 0 aliphatic carbocycles. The lowest BCUT2D eigenvalue weighted by Gasteiger charge is -2.11. The van der Waals surface area contributed by atoms with Gasteiger partial charge in [0.05, 0.1) is 23.7 Å². The number of ether oxygens (including phenoxy) is 1. The highest BCUT2D eigenvalue weighted by Crippen LogP contribution is 2.18. The molecule has 0 saturated carbocycles. The zero-order valence-corrected chi connectivity index (χ0v) is 15.9. The van der Waals surface area contributed by atoms with Crippen LogP contribution in [-0.2, 0) is 0 Å². The van der Waals surface area contributed by atoms with Crippen LogP contribution in [0.25, 0.3) is 28.7 Å². The molecule has 0 fully saturated rings. The number of halogens is 1. The monoisotopic (exact) mass is 388 g/mol. The quantitative estimate of drug-likeness (QED) is 0.481. The lowest BCUT2D eigenvalue weighted by atomic mass is 10.2. The van der Waals surface area contributed by atoms with Crippen LogP contribution < -0.4 is 10.3 Å². The van der Waals surface area contributed by atoms with Crippen molar-refractivity contribution in [2.24, 2.45) is 0 Å². The Bertz CT molecular complexity index is 1210. The van der Waals surface area contributed by atoms with E-state index in [2.05, 4.69) is 0 Å². The highest BCUT2D eigenvalue weighted by Gasteiger charge is 2.11. The Hall–Kier alpha value is -3.37. The Morgan fingerprint density at radius 2 is 1.64 bits per heavy atom. The summed E-state index contributed by atoms with van der Waals surface area (Å²) >= 11 is 6.01. The fraction of sp³-hybridized carbons (Fsp3) is 0.0435. The second-order valence-corrected chi connectivity index (χ2v) is 6.65. The number of rotatable bonds is 4. The molecule has 0 unspecified atom stereocenters. The number of para-hydroxylation sites is 1. The minimum Gasteiger partial charge on any atom is -0.497 e. The molecule has 0 aliphatic heterocycles. The van der Waals surface area contributed by atoms with Crippen molar-refractivity contribution in [2.45, 2.75) is 0 Å². The van der Waals surface area contributed by atoms with Crippen LogP contribution in [0, 0.1) is 0 Å². The number of nitrogens with zero attached hydrogens (tertiary/aromatic N) is 2. The van der Waals surface area contributed by atoms with E-state index in [0.717, 1.165) is 11.3 Å². The van der Waals surface area contributed by atoms with Gasteiger partial charge in [0, 0.05) is 5.02 Å². The van der Waals surface area contributed by atoms with Gasteiger partial charge >= 0.3 is 0 Å². The van der Waals surface area contributed by atoms with Crippen LogP contribution in [0.1, 0.15) is 11.4 Å². The van der Waals surface area contributed by atoms with Crippen molar-refractivity contribution >= 4 is 34.7 Å². The molecule has 0 N–H and O–H groups in total. The second kappa shape index (κ2) is 7.71. The average Bonchev–Trinajstić information content (AvgIpc) is 2.74. The molecule has 4 rings (SSSR count). The molecule has 5 heteroatoms. The first-order valence-electron chi connectivity index (χ1n) is 8.75. The maximum atomic E-state index is 13.2. The van der Waals surface area contributed by atoms with E-state index in [-0.39, 0.29) is 5.56 Å². The van der Waals surface area contributed by atoms with Gasteiger partial charge in [-0.25, -0.2) is 4.98 Å². The van der Waals surface area contributed by atoms with E-state index in [4.69, 9.17) is 21.3 Å². The predicted octanol–water partition coefficient (Wildman–Crippen LogP) is 5.22. The summed E-state index contributed by atoms with van der Waals surface area (Å²) in [4.78, 5) is 17.9. The van der Waals surface area contributed by atoms with E-state index in [1.165, 1.54) is 0 Å². The van der Waals surface area contributed by atoms with Gasteiger partial charge in [-0.05, 0) is 60.2 Å². The number of hydrogen-bond donors (Lipinski definition) is 0. The maximum Gasteiger partial charge on any atom is 0.266 e. The summed E-state index contributed by atoms with van der Waals surface area (Å²) in [5.41, 5.74) is 2.22. The van der Waals surface area contributed by atoms with Crippen LogP contribution in [0.5, 0.6) is 5.75 Å². The molecule has 0 spiro atoms. The van der Waals surface area contributed by atoms with Gasteiger partial charge in [0.1, 0.15) is 11.6 Å². The second-order valence-electron chi connectivity index (χ2n) is 6.21. The average molecular weight is 389 g/mol. The Balaban J connectivity index is 1.87. The van der Waals surface area contributed by atoms with Crippen molar-refractivity contribution < 1.29 is 4.74 Å². The molecule has 4 aromatic rings. The number of methoxy groups -OCH3 is 1. The molecule has 0 bridgehead atoms. The fourth-order valence-corrected chi connectivity index (χ4v) is 3.11. The topological polar surface area (TPSA) is 44.1 Å². The smallest absolute Gasteiger partial charge is 0.266 e. The minimum atomic E-state index is -0.123. The Kier molecular flexibility index (Phi) is 4.96. The molecule has 138 valence electrons. The van der Waals surface area contributed by atoms with Crippen LogP contribution in [0.2, 0.25) is 5.02 Å². The summed E-state index contributed by atoms with van der Waals surface area (Å²) in [6.07, 6.45) is 3.76. The lowest BCUT2D eigenvalue weighted by molar-refractivity contribution is 0.415. The zero-order valence-electron chi connectivity index (χ0n) is 15.2. The molecule has 4 nitrogen and oxygen atoms in total. The van der Waals surface area contributed by atoms with Gasteiger partial charge in [0.25, 0.3) is 5.56 Å². The molecule has 28 heavy (non-hydrogen) atoms. The summed E-state index contributed by atoms with van der Waals surface area (Å²) in [6, 6.07) is 22.1. The highest BCUT2D eigenvalue weighted by atomic mass is 35.5. The molecule has 0 radical (unpaired) electrons. The van der Waals surface area contributed by atoms with Crippen molar-refractivity contribution in [3.8, 4) is 11.4 Å². The van der Waals surface area contributed by atoms with Crippen LogP contribution >= 0.6 is 11.6 Å². The first kappa shape index (κ1) is 18.0. The first-order chi connectivity index (χ1) is 13.7. The molecular weight excluding hydrogens is 372 g/mol. The van der Waals surface area contributed by atoms with Gasteiger partial charge in [-0.3, -0.25) is 9.36 Å². The third-order valence-electron chi connectivity index (χ3n) is 4.43. The normalized spacial score (nSPS) is 11.2. The largest absolute Gasteiger partial charge is 0.497 e. The van der Waals surface area contributed by atoms with Gasteiger partial charge in [-0.1, -0.05) is 41.9 Å². The number of fused-ring (bicyclic) bond motifs is 1. The molecule has 0 aliphatic rings. The minimum absolute atomic E-state index is 0.123. The number of hydrogen-bond acceptors (Lipinski definition) is 3. The predicted molar refractivity (Wildman–Crippen MR) is 114 cm³/mol. The van der Waals surface area contributed by atoms with Crippen LogP contribution in [-0.4, -0.2) is 16.7 Å². The summed E-state index contributed by atoms with van der Waals surface area (Å²) < 4.78 is 6.79. The molecule has 0 amide bonds. The fourth-order valence-electron chi connectivity index (χ4n) is 2.99. The maximum absolute atomic E-state index is 13.2. The van der Waals surface area contributed by atoms with Crippen molar-refractivity contribution in [1.29, 1.82) is 0 Å². The molecule has 3 aromatic carbocycles. The Labute approximate surface area is 167 Å². The van der Waals surface area contributed by atoms with Crippen molar-refractivity contribution in [3.05, 3.63) is 99.6 Å². The standard InChI is InChI=1S/C23H17ClN2O2/c1-28-19-13-6-16(7-14-19)8-15-22-25-21-5-3-2-4-20(21)23(27)26(22)18-11-9-17(24)10-12-18/h2-15H,1H3. The summed E-state index contributed by atoms with van der Waals surface area (Å²) in [7, 11) is 1.63. The highest BCUT2D eigenvalue weighted by molar-refractivity contribution is 6.30. The van der Waals surface area contributed by atoms with Crippen molar-refractivity contribution in [1.82, 2.24) is 9.55 Å². The molecule has 1 aromatic heterocycles. The number of aromatic nitrogens is 2. The van der Waals surface area contributed by atoms with Crippen LogP contribution in [0.15, 0.2) is 77.6 Å². The molecule has 1 heterocycles. The van der Waals surface area contributed by atoms with E-state index >= 15 is 0 Å². The van der Waals surface area contributed by atoms with E-state index in [1.54, 1.807) is 29.9 Å². The Morgan fingerprint density at radius 1 is 0.929 bits per heavy atom. The summed E-state index contributed by atoms with van der Waals surface area (Å²) in [5, 5.41) is 1.18. The van der Waals surface area contributed by atoms with E-state index in [9.17, 15) is 4.79 Å². The van der Waals surface area contributed by atoms with Crippen molar-refractivity contribution in [3.63, 3.8) is 0 Å². The first-order valence-corrected chi connectivity index (χ1v) is 9.13. The molecular formula is C23H17ClN2O2. The zero-order chi connectivity index (χ0) is 19.5. The van der Waals surface area contributed by atoms with Crippen LogP contribution in [0.4, 0.5) is 0 Å². The third kappa shape index (κ3) is 3.55. The van der Waals surface area contributed by atoms with E-state index in [1.807, 2.05) is 66.7 Å². The van der Waals surface area contributed by atoms with Crippen LogP contribution in [0.3, 0.4) is 0 Å².